The molecule has 1 aromatic heterocycles. The van der Waals surface area contributed by atoms with Gasteiger partial charge in [0.2, 0.25) is 5.91 Å². The molecule has 0 aliphatic rings. The lowest BCUT2D eigenvalue weighted by Gasteiger charge is -2.18. The van der Waals surface area contributed by atoms with Gasteiger partial charge in [-0.25, -0.2) is 9.36 Å². The van der Waals surface area contributed by atoms with Gasteiger partial charge in [-0.15, -0.1) is 0 Å². The van der Waals surface area contributed by atoms with Gasteiger partial charge in [-0.05, 0) is 6.07 Å². The van der Waals surface area contributed by atoms with E-state index in [1.165, 1.54) is 17.2 Å². The molecule has 0 unspecified atom stereocenters. The Labute approximate surface area is 108 Å². The molecular formula is C10H15N5O4. The first kappa shape index (κ1) is 14.8. The predicted octanol–water partition coefficient (Wildman–Crippen LogP) is -2.19. The fraction of sp³-hybridized carbons (Fsp3) is 0.400. The van der Waals surface area contributed by atoms with E-state index in [0.29, 0.717) is 0 Å². The van der Waals surface area contributed by atoms with Crippen molar-refractivity contribution in [2.45, 2.75) is 0 Å². The Bertz CT molecular complexity index is 527. The first-order valence-electron chi connectivity index (χ1n) is 5.46. The normalized spacial score (nSPS) is 10.6. The molecule has 104 valence electrons. The number of carboxylic acids is 1. The van der Waals surface area contributed by atoms with E-state index in [1.807, 2.05) is 0 Å². The molecule has 1 rings (SSSR count). The molecule has 0 amide bonds. The van der Waals surface area contributed by atoms with Gasteiger partial charge in [-0.3, -0.25) is 14.5 Å². The van der Waals surface area contributed by atoms with Gasteiger partial charge in [0, 0.05) is 19.3 Å². The topological polar surface area (TPSA) is 145 Å². The average Bonchev–Trinajstić information content (AvgIpc) is 2.27. The summed E-state index contributed by atoms with van der Waals surface area (Å²) in [6, 6.07) is 1.31. The third kappa shape index (κ3) is 4.48. The summed E-state index contributed by atoms with van der Waals surface area (Å²) in [7, 11) is 0. The quantitative estimate of drug-likeness (QED) is 0.528. The first-order chi connectivity index (χ1) is 8.93. The molecule has 5 N–H and O–H groups in total. The number of aromatic nitrogens is 2. The highest BCUT2D eigenvalue weighted by Crippen LogP contribution is 1.93. The minimum Gasteiger partial charge on any atom is -0.480 e. The third-order valence-electron chi connectivity index (χ3n) is 2.26. The molecule has 0 saturated heterocycles. The second kappa shape index (κ2) is 6.61. The van der Waals surface area contributed by atoms with Crippen LogP contribution in [0.2, 0.25) is 0 Å². The van der Waals surface area contributed by atoms with Crippen molar-refractivity contribution in [2.75, 3.05) is 31.9 Å². The molecule has 19 heavy (non-hydrogen) atoms. The van der Waals surface area contributed by atoms with Crippen molar-refractivity contribution in [3.63, 3.8) is 0 Å². The largest absolute Gasteiger partial charge is 0.480 e. The Kier molecular flexibility index (Phi) is 5.15. The van der Waals surface area contributed by atoms with E-state index in [0.717, 1.165) is 4.57 Å². The average molecular weight is 269 g/mol. The van der Waals surface area contributed by atoms with Gasteiger partial charge < -0.3 is 16.6 Å². The summed E-state index contributed by atoms with van der Waals surface area (Å²) in [6.45, 7) is -0.139. The number of nitrogens with zero attached hydrogens (tertiary/aromatic N) is 3. The number of carbonyl (C=O) groups excluding carboxylic acids is 1. The van der Waals surface area contributed by atoms with E-state index in [9.17, 15) is 14.4 Å². The smallest absolute Gasteiger partial charge is 0.356 e. The molecule has 0 bridgehead atoms. The van der Waals surface area contributed by atoms with Crippen molar-refractivity contribution in [2.24, 2.45) is 5.73 Å². The van der Waals surface area contributed by atoms with Crippen molar-refractivity contribution >= 4 is 17.7 Å². The SMILES string of the molecule is NCCN(CC(=O)O)CC(=O)n1ccc(N)nc1=O. The van der Waals surface area contributed by atoms with Crippen LogP contribution in [0.5, 0.6) is 0 Å². The molecule has 0 aliphatic heterocycles. The highest BCUT2D eigenvalue weighted by Gasteiger charge is 2.15. The number of hydrogen-bond acceptors (Lipinski definition) is 7. The fourth-order valence-corrected chi connectivity index (χ4v) is 1.46. The monoisotopic (exact) mass is 269 g/mol. The van der Waals surface area contributed by atoms with E-state index in [1.54, 1.807) is 0 Å². The van der Waals surface area contributed by atoms with Crippen LogP contribution >= 0.6 is 0 Å². The van der Waals surface area contributed by atoms with Crippen LogP contribution < -0.4 is 17.2 Å². The molecule has 0 saturated carbocycles. The molecule has 1 heterocycles. The van der Waals surface area contributed by atoms with Gasteiger partial charge >= 0.3 is 11.7 Å². The fourth-order valence-electron chi connectivity index (χ4n) is 1.46. The van der Waals surface area contributed by atoms with E-state index in [-0.39, 0.29) is 32.0 Å². The minimum atomic E-state index is -1.08. The maximum atomic E-state index is 11.9. The number of aliphatic carboxylic acids is 1. The molecule has 0 atom stereocenters. The summed E-state index contributed by atoms with van der Waals surface area (Å²) in [5.74, 6) is -1.66. The summed E-state index contributed by atoms with van der Waals surface area (Å²) in [6.07, 6.45) is 1.20. The van der Waals surface area contributed by atoms with Crippen molar-refractivity contribution in [3.8, 4) is 0 Å². The molecule has 0 spiro atoms. The molecule has 0 radical (unpaired) electrons. The van der Waals surface area contributed by atoms with E-state index >= 15 is 0 Å². The van der Waals surface area contributed by atoms with Crippen molar-refractivity contribution in [1.82, 2.24) is 14.5 Å². The highest BCUT2D eigenvalue weighted by atomic mass is 16.4. The van der Waals surface area contributed by atoms with E-state index < -0.39 is 17.6 Å². The maximum absolute atomic E-state index is 11.9. The van der Waals surface area contributed by atoms with Crippen molar-refractivity contribution < 1.29 is 14.7 Å². The first-order valence-corrected chi connectivity index (χ1v) is 5.46. The lowest BCUT2D eigenvalue weighted by molar-refractivity contribution is -0.138. The van der Waals surface area contributed by atoms with Gasteiger partial charge in [0.1, 0.15) is 5.82 Å². The van der Waals surface area contributed by atoms with Crippen LogP contribution in [-0.2, 0) is 4.79 Å². The Morgan fingerprint density at radius 2 is 2.11 bits per heavy atom. The summed E-state index contributed by atoms with van der Waals surface area (Å²) in [4.78, 5) is 38.6. The van der Waals surface area contributed by atoms with Crippen LogP contribution in [-0.4, -0.2) is 57.6 Å². The predicted molar refractivity (Wildman–Crippen MR) is 66.7 cm³/mol. The van der Waals surface area contributed by atoms with Crippen molar-refractivity contribution in [1.29, 1.82) is 0 Å². The Morgan fingerprint density at radius 1 is 1.42 bits per heavy atom. The van der Waals surface area contributed by atoms with Crippen LogP contribution in [0, 0.1) is 0 Å². The molecule has 0 fully saturated rings. The molecule has 0 aromatic carbocycles. The third-order valence-corrected chi connectivity index (χ3v) is 2.26. The number of carboxylic acid groups (broad SMARTS) is 1. The summed E-state index contributed by atoms with van der Waals surface area (Å²) in [5.41, 5.74) is 9.83. The lowest BCUT2D eigenvalue weighted by atomic mass is 10.4. The zero-order valence-corrected chi connectivity index (χ0v) is 10.2. The van der Waals surface area contributed by atoms with Crippen LogP contribution in [0.25, 0.3) is 0 Å². The van der Waals surface area contributed by atoms with Gasteiger partial charge in [-0.2, -0.15) is 4.98 Å². The summed E-state index contributed by atoms with van der Waals surface area (Å²) >= 11 is 0. The van der Waals surface area contributed by atoms with E-state index in [4.69, 9.17) is 16.6 Å². The lowest BCUT2D eigenvalue weighted by Crippen LogP contribution is -2.42. The van der Waals surface area contributed by atoms with Crippen LogP contribution in [0.3, 0.4) is 0 Å². The molecule has 9 nitrogen and oxygen atoms in total. The summed E-state index contributed by atoms with van der Waals surface area (Å²) in [5, 5.41) is 8.69. The number of carbonyl (C=O) groups is 2. The van der Waals surface area contributed by atoms with Crippen LogP contribution in [0.1, 0.15) is 4.79 Å². The minimum absolute atomic E-state index is 0.0124. The molecule has 1 aromatic rings. The number of anilines is 1. The number of hydrogen-bond donors (Lipinski definition) is 3. The molecule has 9 heteroatoms. The number of rotatable bonds is 6. The number of nitrogens with two attached hydrogens (primary N) is 2. The van der Waals surface area contributed by atoms with Crippen LogP contribution in [0.15, 0.2) is 17.1 Å². The second-order valence-corrected chi connectivity index (χ2v) is 3.79. The Hall–Kier alpha value is -2.26. The van der Waals surface area contributed by atoms with E-state index in [2.05, 4.69) is 4.98 Å². The summed E-state index contributed by atoms with van der Waals surface area (Å²) < 4.78 is 0.779. The Morgan fingerprint density at radius 3 is 2.63 bits per heavy atom. The molecular weight excluding hydrogens is 254 g/mol. The molecule has 0 aliphatic carbocycles. The zero-order chi connectivity index (χ0) is 14.4. The van der Waals surface area contributed by atoms with Gasteiger partial charge in [0.05, 0.1) is 13.1 Å². The zero-order valence-electron chi connectivity index (χ0n) is 10.2. The van der Waals surface area contributed by atoms with Crippen LogP contribution in [0.4, 0.5) is 5.82 Å². The second-order valence-electron chi connectivity index (χ2n) is 3.79. The standard InChI is InChI=1S/C10H15N5O4/c11-2-4-14(6-9(17)18)5-8(16)15-3-1-7(12)13-10(15)19/h1,3H,2,4-6,11H2,(H,17,18)(H2,12,13,19). The van der Waals surface area contributed by atoms with Gasteiger partial charge in [0.15, 0.2) is 0 Å². The van der Waals surface area contributed by atoms with Gasteiger partial charge in [-0.1, -0.05) is 0 Å². The van der Waals surface area contributed by atoms with Crippen molar-refractivity contribution in [3.05, 3.63) is 22.7 Å². The number of nitrogen functional groups attached to an aromatic ring is 1. The maximum Gasteiger partial charge on any atom is 0.356 e. The highest BCUT2D eigenvalue weighted by molar-refractivity contribution is 5.81. The van der Waals surface area contributed by atoms with Gasteiger partial charge in [0.25, 0.3) is 0 Å². The Balaban J connectivity index is 2.81.